The first kappa shape index (κ1) is 30.3. The van der Waals surface area contributed by atoms with E-state index in [1.165, 1.54) is 34.1 Å². The zero-order chi connectivity index (χ0) is 29.4. The summed E-state index contributed by atoms with van der Waals surface area (Å²) in [5.74, 6) is -1.49. The Morgan fingerprint density at radius 1 is 0.850 bits per heavy atom. The monoisotopic (exact) mass is 550 g/mol. The quantitative estimate of drug-likeness (QED) is 0.195. The zero-order valence-electron chi connectivity index (χ0n) is 23.0. The van der Waals surface area contributed by atoms with E-state index in [-0.39, 0.29) is 23.1 Å². The topological polar surface area (TPSA) is 157 Å². The van der Waals surface area contributed by atoms with Crippen LogP contribution >= 0.6 is 0 Å². The van der Waals surface area contributed by atoms with Crippen LogP contribution in [0.5, 0.6) is 23.0 Å². The molecule has 0 aliphatic heterocycles. The highest BCUT2D eigenvalue weighted by molar-refractivity contribution is 6.16. The molecule has 1 fully saturated rings. The number of nitrogens with two attached hydrogens (primary N) is 2. The Kier molecular flexibility index (Phi) is 10.4. The third-order valence-electron chi connectivity index (χ3n) is 6.24. The van der Waals surface area contributed by atoms with Crippen molar-refractivity contribution in [2.75, 3.05) is 14.2 Å². The van der Waals surface area contributed by atoms with Crippen molar-refractivity contribution in [1.82, 2.24) is 0 Å². The van der Waals surface area contributed by atoms with Gasteiger partial charge in [-0.15, -0.1) is 0 Å². The van der Waals surface area contributed by atoms with Gasteiger partial charge in [0.1, 0.15) is 12.1 Å². The van der Waals surface area contributed by atoms with E-state index in [0.29, 0.717) is 47.5 Å². The molecule has 0 amide bonds. The van der Waals surface area contributed by atoms with E-state index in [2.05, 4.69) is 0 Å². The Morgan fingerprint density at radius 2 is 1.38 bits per heavy atom. The summed E-state index contributed by atoms with van der Waals surface area (Å²) in [6, 6.07) is 8.16. The maximum atomic E-state index is 13.2. The van der Waals surface area contributed by atoms with Crippen LogP contribution in [0.4, 0.5) is 0 Å². The minimum absolute atomic E-state index is 0.210. The summed E-state index contributed by atoms with van der Waals surface area (Å²) < 4.78 is 21.1. The molecule has 4 N–H and O–H groups in total. The summed E-state index contributed by atoms with van der Waals surface area (Å²) in [4.78, 5) is 49.9. The molecule has 2 aromatic rings. The Labute approximate surface area is 232 Å². The molecule has 3 atom stereocenters. The van der Waals surface area contributed by atoms with E-state index in [4.69, 9.17) is 30.4 Å². The number of methoxy groups -OCH3 is 2. The van der Waals surface area contributed by atoms with Crippen molar-refractivity contribution in [1.29, 1.82) is 0 Å². The number of ether oxygens (including phenoxy) is 4. The molecule has 0 spiro atoms. The van der Waals surface area contributed by atoms with Crippen LogP contribution in [0.1, 0.15) is 44.2 Å². The van der Waals surface area contributed by atoms with Crippen molar-refractivity contribution in [3.05, 3.63) is 59.2 Å². The van der Waals surface area contributed by atoms with Crippen LogP contribution in [0.25, 0.3) is 12.2 Å². The molecule has 2 aromatic carbocycles. The molecule has 1 saturated carbocycles. The fourth-order valence-corrected chi connectivity index (χ4v) is 4.02. The number of carbonyl (C=O) groups is 4. The Hall–Kier alpha value is -4.28. The largest absolute Gasteiger partial charge is 0.493 e. The van der Waals surface area contributed by atoms with E-state index in [1.54, 1.807) is 48.6 Å². The van der Waals surface area contributed by atoms with E-state index in [1.807, 2.05) is 0 Å². The molecule has 0 bridgehead atoms. The number of ketones is 2. The zero-order valence-corrected chi connectivity index (χ0v) is 23.0. The molecule has 0 radical (unpaired) electrons. The van der Waals surface area contributed by atoms with Gasteiger partial charge in [-0.1, -0.05) is 18.2 Å². The first-order valence-electron chi connectivity index (χ1n) is 12.8. The number of esters is 2. The number of hydrogen-bond acceptors (Lipinski definition) is 10. The Balaban J connectivity index is 1.74. The minimum atomic E-state index is -0.794. The lowest BCUT2D eigenvalue weighted by Gasteiger charge is -2.21. The normalized spacial score (nSPS) is 17.8. The van der Waals surface area contributed by atoms with Crippen LogP contribution in [0, 0.1) is 5.92 Å². The molecular weight excluding hydrogens is 516 g/mol. The predicted molar refractivity (Wildman–Crippen MR) is 149 cm³/mol. The molecule has 1 aliphatic rings. The van der Waals surface area contributed by atoms with Gasteiger partial charge >= 0.3 is 11.9 Å². The van der Waals surface area contributed by atoms with E-state index >= 15 is 0 Å². The van der Waals surface area contributed by atoms with Crippen LogP contribution in [-0.2, 0) is 19.2 Å². The second kappa shape index (κ2) is 13.7. The molecule has 10 heteroatoms. The molecule has 1 aliphatic carbocycles. The van der Waals surface area contributed by atoms with Crippen LogP contribution in [0.2, 0.25) is 0 Å². The summed E-state index contributed by atoms with van der Waals surface area (Å²) in [6.07, 6.45) is 6.34. The number of allylic oxidation sites excluding steroid dienone is 2. The SMILES string of the molecule is COc1cc(C=CC(=O)C2CCCC(=Cc3ccc(OC(=O)C(C)N)c(OC)c3)C2=O)ccc1OC(=O)C(C)N. The third-order valence-corrected chi connectivity index (χ3v) is 6.24. The predicted octanol–water partition coefficient (Wildman–Crippen LogP) is 3.24. The lowest BCUT2D eigenvalue weighted by molar-refractivity contribution is -0.136. The number of Topliss-reactive ketones (excluding diaryl/α,β-unsaturated/α-hetero) is 1. The van der Waals surface area contributed by atoms with Gasteiger partial charge in [-0.3, -0.25) is 9.59 Å². The third kappa shape index (κ3) is 7.64. The molecule has 40 heavy (non-hydrogen) atoms. The highest BCUT2D eigenvalue weighted by Gasteiger charge is 2.31. The van der Waals surface area contributed by atoms with Crippen LogP contribution in [0.15, 0.2) is 48.0 Å². The van der Waals surface area contributed by atoms with Crippen molar-refractivity contribution in [2.24, 2.45) is 17.4 Å². The number of carbonyl (C=O) groups excluding carboxylic acids is 4. The number of benzene rings is 2. The van der Waals surface area contributed by atoms with Crippen molar-refractivity contribution >= 4 is 35.7 Å². The second-order valence-electron chi connectivity index (χ2n) is 9.45. The smallest absolute Gasteiger partial charge is 0.328 e. The maximum absolute atomic E-state index is 13.2. The first-order chi connectivity index (χ1) is 19.0. The summed E-state index contributed by atoms with van der Waals surface area (Å²) in [5, 5.41) is 0. The fraction of sp³-hybridized carbons (Fsp3) is 0.333. The van der Waals surface area contributed by atoms with Gasteiger partial charge < -0.3 is 30.4 Å². The van der Waals surface area contributed by atoms with E-state index < -0.39 is 29.9 Å². The Morgan fingerprint density at radius 3 is 1.90 bits per heavy atom. The van der Waals surface area contributed by atoms with E-state index in [9.17, 15) is 19.2 Å². The molecule has 212 valence electrons. The van der Waals surface area contributed by atoms with Crippen LogP contribution < -0.4 is 30.4 Å². The minimum Gasteiger partial charge on any atom is -0.493 e. The first-order valence-corrected chi connectivity index (χ1v) is 12.8. The van der Waals surface area contributed by atoms with Gasteiger partial charge in [0.05, 0.1) is 20.1 Å². The lowest BCUT2D eigenvalue weighted by atomic mass is 9.81. The van der Waals surface area contributed by atoms with Crippen LogP contribution in [-0.4, -0.2) is 49.8 Å². The summed E-state index contributed by atoms with van der Waals surface area (Å²) in [6.45, 7) is 3.03. The van der Waals surface area contributed by atoms with Crippen molar-refractivity contribution < 1.29 is 38.1 Å². The van der Waals surface area contributed by atoms with Crippen molar-refractivity contribution in [3.8, 4) is 23.0 Å². The van der Waals surface area contributed by atoms with Gasteiger partial charge in [0.15, 0.2) is 34.6 Å². The average molecular weight is 551 g/mol. The molecular formula is C30H34N2O8. The van der Waals surface area contributed by atoms with Gasteiger partial charge in [-0.25, -0.2) is 9.59 Å². The molecule has 0 aromatic heterocycles. The molecule has 0 heterocycles. The maximum Gasteiger partial charge on any atom is 0.328 e. The summed E-state index contributed by atoms with van der Waals surface area (Å²) in [7, 11) is 2.88. The number of hydrogen-bond donors (Lipinski definition) is 2. The van der Waals surface area contributed by atoms with Crippen molar-refractivity contribution in [3.63, 3.8) is 0 Å². The van der Waals surface area contributed by atoms with Gasteiger partial charge in [0.2, 0.25) is 0 Å². The van der Waals surface area contributed by atoms with Gasteiger partial charge in [0, 0.05) is 0 Å². The second-order valence-corrected chi connectivity index (χ2v) is 9.45. The molecule has 10 nitrogen and oxygen atoms in total. The van der Waals surface area contributed by atoms with Crippen LogP contribution in [0.3, 0.4) is 0 Å². The summed E-state index contributed by atoms with van der Waals surface area (Å²) >= 11 is 0. The fourth-order valence-electron chi connectivity index (χ4n) is 4.02. The van der Waals surface area contributed by atoms with Crippen molar-refractivity contribution in [2.45, 2.75) is 45.2 Å². The molecule has 3 rings (SSSR count). The highest BCUT2D eigenvalue weighted by atomic mass is 16.6. The molecule has 0 saturated heterocycles. The average Bonchev–Trinajstić information content (AvgIpc) is 2.93. The standard InChI is InChI=1S/C30H34N2O8/c1-17(31)29(35)39-24-12-9-19(15-26(24)37-3)8-11-23(33)22-7-5-6-21(28(22)34)14-20-10-13-25(27(16-20)38-4)40-30(36)18(2)32/h8-18,22H,5-7,31-32H2,1-4H3. The van der Waals surface area contributed by atoms with Gasteiger partial charge in [-0.2, -0.15) is 0 Å². The number of rotatable bonds is 10. The van der Waals surface area contributed by atoms with Gasteiger partial charge in [0.25, 0.3) is 0 Å². The van der Waals surface area contributed by atoms with E-state index in [0.717, 1.165) is 0 Å². The summed E-state index contributed by atoms with van der Waals surface area (Å²) in [5.41, 5.74) is 12.9. The Bertz CT molecular complexity index is 1340. The molecule has 3 unspecified atom stereocenters. The lowest BCUT2D eigenvalue weighted by Crippen LogP contribution is -2.30. The van der Waals surface area contributed by atoms with Gasteiger partial charge in [-0.05, 0) is 86.2 Å². The highest BCUT2D eigenvalue weighted by Crippen LogP contribution is 2.33.